The molecule has 1 nitrogen and oxygen atoms in total. The van der Waals surface area contributed by atoms with E-state index in [9.17, 15) is 0 Å². The molecule has 1 aliphatic rings. The van der Waals surface area contributed by atoms with Gasteiger partial charge in [-0.15, -0.1) is 0 Å². The van der Waals surface area contributed by atoms with Gasteiger partial charge in [0.25, 0.3) is 0 Å². The summed E-state index contributed by atoms with van der Waals surface area (Å²) in [6.45, 7) is 10.8. The lowest BCUT2D eigenvalue weighted by molar-refractivity contribution is 0.641. The molecular formula is C14H23N. The summed E-state index contributed by atoms with van der Waals surface area (Å²) < 4.78 is 0. The van der Waals surface area contributed by atoms with E-state index in [1.165, 1.54) is 24.0 Å². The van der Waals surface area contributed by atoms with Gasteiger partial charge in [0.1, 0.15) is 0 Å². The Kier molecular flexibility index (Phi) is 4.67. The van der Waals surface area contributed by atoms with Crippen molar-refractivity contribution in [1.29, 1.82) is 0 Å². The third-order valence-corrected chi connectivity index (χ3v) is 2.97. The van der Waals surface area contributed by atoms with Crippen LogP contribution in [0.3, 0.4) is 0 Å². The van der Waals surface area contributed by atoms with Gasteiger partial charge in [-0.25, -0.2) is 0 Å². The van der Waals surface area contributed by atoms with Gasteiger partial charge in [0.2, 0.25) is 0 Å². The molecule has 0 aromatic heterocycles. The third-order valence-electron chi connectivity index (χ3n) is 2.97. The summed E-state index contributed by atoms with van der Waals surface area (Å²) >= 11 is 0. The molecule has 0 bridgehead atoms. The zero-order valence-corrected chi connectivity index (χ0v) is 10.2. The zero-order chi connectivity index (χ0) is 11.3. The van der Waals surface area contributed by atoms with Crippen molar-refractivity contribution in [1.82, 2.24) is 5.32 Å². The lowest BCUT2D eigenvalue weighted by atomic mass is 9.93. The minimum atomic E-state index is 0.450. The molecule has 1 rings (SSSR count). The first-order chi connectivity index (χ1) is 7.15. The molecule has 2 unspecified atom stereocenters. The van der Waals surface area contributed by atoms with Crippen molar-refractivity contribution in [2.45, 2.75) is 46.1 Å². The first kappa shape index (κ1) is 12.1. The van der Waals surface area contributed by atoms with Gasteiger partial charge in [0.15, 0.2) is 0 Å². The van der Waals surface area contributed by atoms with Gasteiger partial charge in [-0.05, 0) is 37.5 Å². The molecule has 0 spiro atoms. The molecule has 84 valence electrons. The molecule has 0 fully saturated rings. The summed E-state index contributed by atoms with van der Waals surface area (Å²) in [4.78, 5) is 0. The van der Waals surface area contributed by atoms with Crippen molar-refractivity contribution in [2.75, 3.05) is 0 Å². The number of allylic oxidation sites excluding steroid dienone is 2. The van der Waals surface area contributed by atoms with E-state index in [1.807, 2.05) is 0 Å². The Morgan fingerprint density at radius 1 is 1.73 bits per heavy atom. The predicted molar refractivity (Wildman–Crippen MR) is 67.6 cm³/mol. The second-order valence-corrected chi connectivity index (χ2v) is 4.49. The van der Waals surface area contributed by atoms with Crippen LogP contribution in [-0.4, -0.2) is 6.04 Å². The molecule has 1 N–H and O–H groups in total. The van der Waals surface area contributed by atoms with E-state index >= 15 is 0 Å². The highest BCUT2D eigenvalue weighted by molar-refractivity contribution is 5.23. The van der Waals surface area contributed by atoms with Crippen molar-refractivity contribution >= 4 is 0 Å². The third kappa shape index (κ3) is 3.58. The number of rotatable bonds is 5. The standard InChI is InChI=1S/C14H23N/c1-5-6-7-8-12(3)13(4)14-9-11(2)10-15-14/h7-8,10,12,14-15H,4-6,9H2,1-3H3/b8-7-. The van der Waals surface area contributed by atoms with Crippen molar-refractivity contribution in [2.24, 2.45) is 5.92 Å². The van der Waals surface area contributed by atoms with Gasteiger partial charge in [-0.2, -0.15) is 0 Å². The smallest absolute Gasteiger partial charge is 0.0508 e. The molecule has 0 amide bonds. The SMILES string of the molecule is C=C(C(C)/C=C\CCC)C1CC(C)=CN1. The number of unbranched alkanes of at least 4 members (excludes halogenated alkanes) is 1. The maximum absolute atomic E-state index is 4.20. The Bertz CT molecular complexity index is 273. The van der Waals surface area contributed by atoms with Crippen LogP contribution >= 0.6 is 0 Å². The van der Waals surface area contributed by atoms with Crippen LogP contribution in [-0.2, 0) is 0 Å². The van der Waals surface area contributed by atoms with Gasteiger partial charge in [-0.1, -0.05) is 44.6 Å². The summed E-state index contributed by atoms with van der Waals surface area (Å²) in [7, 11) is 0. The van der Waals surface area contributed by atoms with Crippen LogP contribution in [0.4, 0.5) is 0 Å². The second-order valence-electron chi connectivity index (χ2n) is 4.49. The van der Waals surface area contributed by atoms with Gasteiger partial charge in [-0.3, -0.25) is 0 Å². The number of hydrogen-bond donors (Lipinski definition) is 1. The molecule has 0 aliphatic carbocycles. The normalized spacial score (nSPS) is 22.6. The van der Waals surface area contributed by atoms with Crippen LogP contribution in [0.15, 0.2) is 36.1 Å². The summed E-state index contributed by atoms with van der Waals surface area (Å²) in [6, 6.07) is 0.450. The lowest BCUT2D eigenvalue weighted by Crippen LogP contribution is -2.24. The number of hydrogen-bond acceptors (Lipinski definition) is 1. The molecular weight excluding hydrogens is 182 g/mol. The molecule has 0 radical (unpaired) electrons. The van der Waals surface area contributed by atoms with E-state index in [-0.39, 0.29) is 0 Å². The van der Waals surface area contributed by atoms with Crippen molar-refractivity contribution in [3.05, 3.63) is 36.1 Å². The van der Waals surface area contributed by atoms with Crippen molar-refractivity contribution < 1.29 is 0 Å². The molecule has 15 heavy (non-hydrogen) atoms. The maximum atomic E-state index is 4.20. The Hall–Kier alpha value is -0.980. The van der Waals surface area contributed by atoms with Gasteiger partial charge in [0, 0.05) is 0 Å². The van der Waals surface area contributed by atoms with E-state index in [0.717, 1.165) is 6.42 Å². The van der Waals surface area contributed by atoms with Crippen LogP contribution in [0, 0.1) is 5.92 Å². The van der Waals surface area contributed by atoms with Crippen LogP contribution < -0.4 is 5.32 Å². The van der Waals surface area contributed by atoms with E-state index in [1.54, 1.807) is 0 Å². The Morgan fingerprint density at radius 3 is 3.00 bits per heavy atom. The average Bonchev–Trinajstić information content (AvgIpc) is 2.64. The van der Waals surface area contributed by atoms with E-state index in [4.69, 9.17) is 0 Å². The molecule has 0 saturated heterocycles. The molecule has 0 aromatic carbocycles. The van der Waals surface area contributed by atoms with Crippen molar-refractivity contribution in [3.63, 3.8) is 0 Å². The lowest BCUT2D eigenvalue weighted by Gasteiger charge is -2.18. The van der Waals surface area contributed by atoms with E-state index in [0.29, 0.717) is 12.0 Å². The van der Waals surface area contributed by atoms with Crippen LogP contribution in [0.5, 0.6) is 0 Å². The zero-order valence-electron chi connectivity index (χ0n) is 10.2. The highest BCUT2D eigenvalue weighted by atomic mass is 14.9. The topological polar surface area (TPSA) is 12.0 Å². The molecule has 0 aromatic rings. The van der Waals surface area contributed by atoms with Gasteiger partial charge in [0.05, 0.1) is 6.04 Å². The van der Waals surface area contributed by atoms with Crippen molar-refractivity contribution in [3.8, 4) is 0 Å². The van der Waals surface area contributed by atoms with Crippen LogP contribution in [0.25, 0.3) is 0 Å². The fourth-order valence-electron chi connectivity index (χ4n) is 1.83. The summed E-state index contributed by atoms with van der Waals surface area (Å²) in [6.07, 6.45) is 10.2. The monoisotopic (exact) mass is 205 g/mol. The second kappa shape index (κ2) is 5.79. The Morgan fingerprint density at radius 2 is 2.47 bits per heavy atom. The van der Waals surface area contributed by atoms with Crippen LogP contribution in [0.1, 0.15) is 40.0 Å². The minimum Gasteiger partial charge on any atom is -0.384 e. The van der Waals surface area contributed by atoms with Crippen LogP contribution in [0.2, 0.25) is 0 Å². The minimum absolute atomic E-state index is 0.450. The number of nitrogens with one attached hydrogen (secondary N) is 1. The molecule has 1 aliphatic heterocycles. The predicted octanol–water partition coefficient (Wildman–Crippen LogP) is 3.80. The summed E-state index contributed by atoms with van der Waals surface area (Å²) in [5.41, 5.74) is 2.72. The van der Waals surface area contributed by atoms with E-state index in [2.05, 4.69) is 51.0 Å². The van der Waals surface area contributed by atoms with Gasteiger partial charge >= 0.3 is 0 Å². The molecule has 1 heterocycles. The highest BCUT2D eigenvalue weighted by Crippen LogP contribution is 2.23. The first-order valence-electron chi connectivity index (χ1n) is 5.92. The molecule has 0 saturated carbocycles. The maximum Gasteiger partial charge on any atom is 0.0508 e. The Balaban J connectivity index is 2.40. The highest BCUT2D eigenvalue weighted by Gasteiger charge is 2.19. The summed E-state index contributed by atoms with van der Waals surface area (Å²) in [5, 5.41) is 3.38. The summed E-state index contributed by atoms with van der Waals surface area (Å²) in [5.74, 6) is 0.480. The first-order valence-corrected chi connectivity index (χ1v) is 5.92. The largest absolute Gasteiger partial charge is 0.384 e. The van der Waals surface area contributed by atoms with E-state index < -0.39 is 0 Å². The fourth-order valence-corrected chi connectivity index (χ4v) is 1.83. The Labute approximate surface area is 94.0 Å². The molecule has 1 heteroatoms. The fraction of sp³-hybridized carbons (Fsp3) is 0.571. The molecule has 2 atom stereocenters. The quantitative estimate of drug-likeness (QED) is 0.673. The van der Waals surface area contributed by atoms with Gasteiger partial charge < -0.3 is 5.32 Å². The average molecular weight is 205 g/mol.